The van der Waals surface area contributed by atoms with E-state index in [4.69, 9.17) is 4.74 Å². The Bertz CT molecular complexity index is 319. The molecule has 1 aliphatic heterocycles. The molecule has 0 atom stereocenters. The first-order chi connectivity index (χ1) is 7.18. The summed E-state index contributed by atoms with van der Waals surface area (Å²) >= 11 is 0. The normalized spacial score (nSPS) is 18.5. The first-order valence-electron chi connectivity index (χ1n) is 5.21. The molecule has 0 aliphatic carbocycles. The maximum atomic E-state index is 12.6. The Morgan fingerprint density at radius 1 is 1.33 bits per heavy atom. The van der Waals surface area contributed by atoms with Gasteiger partial charge in [0.15, 0.2) is 0 Å². The van der Waals surface area contributed by atoms with Crippen LogP contribution in [0, 0.1) is 11.2 Å². The molecule has 1 heterocycles. The van der Waals surface area contributed by atoms with Crippen molar-refractivity contribution in [3.63, 3.8) is 0 Å². The molecule has 15 heavy (non-hydrogen) atoms. The Morgan fingerprint density at radius 3 is 2.53 bits per heavy atom. The lowest BCUT2D eigenvalue weighted by Gasteiger charge is -2.38. The highest BCUT2D eigenvalue weighted by atomic mass is 19.1. The van der Waals surface area contributed by atoms with Crippen LogP contribution in [0.3, 0.4) is 0 Å². The number of halogens is 1. The van der Waals surface area contributed by atoms with Crippen LogP contribution in [0.5, 0.6) is 0 Å². The topological polar surface area (TPSA) is 21.3 Å². The van der Waals surface area contributed by atoms with Crippen LogP contribution in [0.4, 0.5) is 4.39 Å². The Hall–Kier alpha value is -0.930. The van der Waals surface area contributed by atoms with Gasteiger partial charge >= 0.3 is 0 Å². The summed E-state index contributed by atoms with van der Waals surface area (Å²) in [5, 5.41) is 3.36. The van der Waals surface area contributed by atoms with Gasteiger partial charge in [-0.2, -0.15) is 0 Å². The second kappa shape index (κ2) is 4.29. The Kier molecular flexibility index (Phi) is 3.03. The number of benzene rings is 1. The van der Waals surface area contributed by atoms with Gasteiger partial charge in [0.25, 0.3) is 0 Å². The molecular formula is C12H16FNO. The second-order valence-electron chi connectivity index (χ2n) is 4.53. The van der Waals surface area contributed by atoms with Crippen molar-refractivity contribution < 1.29 is 9.13 Å². The summed E-state index contributed by atoms with van der Waals surface area (Å²) in [5.74, 6) is -0.182. The third-order valence-electron chi connectivity index (χ3n) is 2.70. The highest BCUT2D eigenvalue weighted by Crippen LogP contribution is 2.25. The Balaban J connectivity index is 1.76. The molecule has 1 N–H and O–H groups in total. The van der Waals surface area contributed by atoms with Crippen LogP contribution in [-0.4, -0.2) is 19.8 Å². The van der Waals surface area contributed by atoms with Crippen molar-refractivity contribution in [2.75, 3.05) is 19.8 Å². The number of nitrogens with one attached hydrogen (secondary N) is 1. The first-order valence-corrected chi connectivity index (χ1v) is 5.21. The van der Waals surface area contributed by atoms with Gasteiger partial charge in [-0.1, -0.05) is 19.1 Å². The molecule has 1 saturated heterocycles. The average Bonchev–Trinajstić information content (AvgIpc) is 2.19. The summed E-state index contributed by atoms with van der Waals surface area (Å²) in [6.07, 6.45) is 0. The van der Waals surface area contributed by atoms with Crippen molar-refractivity contribution in [3.8, 4) is 0 Å². The summed E-state index contributed by atoms with van der Waals surface area (Å²) in [6, 6.07) is 6.60. The fourth-order valence-electron chi connectivity index (χ4n) is 1.66. The van der Waals surface area contributed by atoms with Crippen LogP contribution in [0.2, 0.25) is 0 Å². The van der Waals surface area contributed by atoms with Gasteiger partial charge in [-0.15, -0.1) is 0 Å². The van der Waals surface area contributed by atoms with E-state index in [9.17, 15) is 4.39 Å². The van der Waals surface area contributed by atoms with Crippen LogP contribution in [0.15, 0.2) is 24.3 Å². The van der Waals surface area contributed by atoms with Crippen LogP contribution >= 0.6 is 0 Å². The highest BCUT2D eigenvalue weighted by molar-refractivity contribution is 5.15. The van der Waals surface area contributed by atoms with Crippen LogP contribution in [0.1, 0.15) is 12.5 Å². The monoisotopic (exact) mass is 209 g/mol. The molecule has 0 unspecified atom stereocenters. The largest absolute Gasteiger partial charge is 0.380 e. The van der Waals surface area contributed by atoms with Crippen molar-refractivity contribution in [2.24, 2.45) is 5.41 Å². The highest BCUT2D eigenvalue weighted by Gasteiger charge is 2.32. The van der Waals surface area contributed by atoms with Crippen molar-refractivity contribution in [2.45, 2.75) is 13.5 Å². The van der Waals surface area contributed by atoms with E-state index in [0.717, 1.165) is 31.9 Å². The van der Waals surface area contributed by atoms with Gasteiger partial charge in [0.1, 0.15) is 5.82 Å². The predicted molar refractivity (Wildman–Crippen MR) is 57.0 cm³/mol. The summed E-state index contributed by atoms with van der Waals surface area (Å²) in [5.41, 5.74) is 1.40. The van der Waals surface area contributed by atoms with E-state index in [1.165, 1.54) is 12.1 Å². The van der Waals surface area contributed by atoms with Crippen LogP contribution in [0.25, 0.3) is 0 Å². The fourth-order valence-corrected chi connectivity index (χ4v) is 1.66. The van der Waals surface area contributed by atoms with Gasteiger partial charge in [0, 0.05) is 18.5 Å². The van der Waals surface area contributed by atoms with E-state index < -0.39 is 0 Å². The summed E-state index contributed by atoms with van der Waals surface area (Å²) in [7, 11) is 0. The first kappa shape index (κ1) is 10.6. The van der Waals surface area contributed by atoms with Gasteiger partial charge < -0.3 is 10.1 Å². The summed E-state index contributed by atoms with van der Waals surface area (Å²) < 4.78 is 17.8. The number of rotatable bonds is 4. The zero-order valence-corrected chi connectivity index (χ0v) is 8.92. The molecule has 1 aromatic carbocycles. The van der Waals surface area contributed by atoms with Crippen molar-refractivity contribution in [1.82, 2.24) is 5.32 Å². The molecule has 2 rings (SSSR count). The molecule has 1 aromatic rings. The molecule has 0 amide bonds. The van der Waals surface area contributed by atoms with E-state index in [1.54, 1.807) is 0 Å². The van der Waals surface area contributed by atoms with Crippen molar-refractivity contribution in [1.29, 1.82) is 0 Å². The minimum Gasteiger partial charge on any atom is -0.380 e. The zero-order chi connectivity index (χ0) is 10.7. The molecule has 0 spiro atoms. The van der Waals surface area contributed by atoms with E-state index in [2.05, 4.69) is 12.2 Å². The van der Waals surface area contributed by atoms with E-state index in [1.807, 2.05) is 12.1 Å². The number of hydrogen-bond donors (Lipinski definition) is 1. The lowest BCUT2D eigenvalue weighted by Crippen LogP contribution is -2.47. The average molecular weight is 209 g/mol. The maximum Gasteiger partial charge on any atom is 0.123 e. The number of hydrogen-bond acceptors (Lipinski definition) is 2. The molecule has 0 bridgehead atoms. The smallest absolute Gasteiger partial charge is 0.123 e. The second-order valence-corrected chi connectivity index (χ2v) is 4.53. The fraction of sp³-hybridized carbons (Fsp3) is 0.500. The van der Waals surface area contributed by atoms with Crippen LogP contribution in [-0.2, 0) is 11.3 Å². The van der Waals surface area contributed by atoms with Crippen molar-refractivity contribution in [3.05, 3.63) is 35.6 Å². The maximum absolute atomic E-state index is 12.6. The van der Waals surface area contributed by atoms with Gasteiger partial charge in [-0.05, 0) is 17.7 Å². The molecule has 82 valence electrons. The third-order valence-corrected chi connectivity index (χ3v) is 2.70. The van der Waals surface area contributed by atoms with E-state index in [-0.39, 0.29) is 5.82 Å². The lowest BCUT2D eigenvalue weighted by molar-refractivity contribution is -0.0991. The van der Waals surface area contributed by atoms with Crippen molar-refractivity contribution >= 4 is 0 Å². The molecule has 2 nitrogen and oxygen atoms in total. The molecule has 0 aromatic heterocycles. The minimum atomic E-state index is -0.182. The predicted octanol–water partition coefficient (Wildman–Crippen LogP) is 1.95. The van der Waals surface area contributed by atoms with Gasteiger partial charge in [-0.3, -0.25) is 0 Å². The summed E-state index contributed by atoms with van der Waals surface area (Å²) in [4.78, 5) is 0. The molecule has 3 heteroatoms. The quantitative estimate of drug-likeness (QED) is 0.818. The molecule has 1 fully saturated rings. The van der Waals surface area contributed by atoms with Gasteiger partial charge in [0.2, 0.25) is 0 Å². The molecule has 0 radical (unpaired) electrons. The van der Waals surface area contributed by atoms with E-state index >= 15 is 0 Å². The van der Waals surface area contributed by atoms with Gasteiger partial charge in [-0.25, -0.2) is 4.39 Å². The zero-order valence-electron chi connectivity index (χ0n) is 8.92. The Labute approximate surface area is 89.4 Å². The van der Waals surface area contributed by atoms with E-state index in [0.29, 0.717) is 5.41 Å². The summed E-state index contributed by atoms with van der Waals surface area (Å²) in [6.45, 7) is 5.61. The van der Waals surface area contributed by atoms with Crippen LogP contribution < -0.4 is 5.32 Å². The Morgan fingerprint density at radius 2 is 2.00 bits per heavy atom. The molecule has 1 aliphatic rings. The lowest BCUT2D eigenvalue weighted by atomic mass is 9.89. The standard InChI is InChI=1S/C12H16FNO/c1-12(8-15-9-12)7-14-6-10-2-4-11(13)5-3-10/h2-5,14H,6-9H2,1H3. The molecular weight excluding hydrogens is 193 g/mol. The van der Waals surface area contributed by atoms with Gasteiger partial charge in [0.05, 0.1) is 13.2 Å². The molecule has 0 saturated carbocycles. The minimum absolute atomic E-state index is 0.182. The third kappa shape index (κ3) is 2.76. The SMILES string of the molecule is CC1(CNCc2ccc(F)cc2)COC1. The number of ether oxygens (including phenoxy) is 1.